The Bertz CT molecular complexity index is 902. The molecule has 1 fully saturated rings. The van der Waals surface area contributed by atoms with Crippen LogP contribution < -0.4 is 5.32 Å². The van der Waals surface area contributed by atoms with Gasteiger partial charge in [-0.2, -0.15) is 0 Å². The number of allylic oxidation sites excluding steroid dienone is 2. The molecule has 1 heterocycles. The minimum atomic E-state index is -2.43. The highest BCUT2D eigenvalue weighted by Gasteiger charge is 2.50. The van der Waals surface area contributed by atoms with Crippen molar-refractivity contribution in [3.05, 3.63) is 12.2 Å². The van der Waals surface area contributed by atoms with Crippen molar-refractivity contribution in [1.29, 1.82) is 0 Å². The van der Waals surface area contributed by atoms with Gasteiger partial charge in [-0.3, -0.25) is 14.4 Å². The average molecular weight is 626 g/mol. The molecule has 1 aliphatic rings. The van der Waals surface area contributed by atoms with E-state index in [1.165, 1.54) is 0 Å². The summed E-state index contributed by atoms with van der Waals surface area (Å²) in [6.07, 6.45) is 4.69. The number of hydrogen-bond donors (Lipinski definition) is 1. The van der Waals surface area contributed by atoms with E-state index in [2.05, 4.69) is 87.6 Å². The summed E-state index contributed by atoms with van der Waals surface area (Å²) in [5.41, 5.74) is 0.841. The minimum absolute atomic E-state index is 0.0474. The highest BCUT2D eigenvalue weighted by molar-refractivity contribution is 6.79. The van der Waals surface area contributed by atoms with Crippen molar-refractivity contribution in [1.82, 2.24) is 5.32 Å². The van der Waals surface area contributed by atoms with Crippen molar-refractivity contribution >= 4 is 34.3 Å². The maximum atomic E-state index is 13.8. The molecule has 7 nitrogen and oxygen atoms in total. The molecular formula is C33H63NO6Si2. The smallest absolute Gasteiger partial charge is 0.298 e. The Labute approximate surface area is 259 Å². The van der Waals surface area contributed by atoms with Crippen LogP contribution in [-0.2, 0) is 28.0 Å². The highest BCUT2D eigenvalue weighted by atomic mass is 28.4. The summed E-state index contributed by atoms with van der Waals surface area (Å²) >= 11 is 0. The molecular weight excluding hydrogens is 563 g/mol. The van der Waals surface area contributed by atoms with E-state index in [1.54, 1.807) is 12.2 Å². The summed E-state index contributed by atoms with van der Waals surface area (Å²) in [4.78, 5) is 39.1. The monoisotopic (exact) mass is 625 g/mol. The van der Waals surface area contributed by atoms with Gasteiger partial charge in [0.15, 0.2) is 14.1 Å². The van der Waals surface area contributed by atoms with Gasteiger partial charge < -0.3 is 18.9 Å². The van der Waals surface area contributed by atoms with E-state index in [4.69, 9.17) is 13.6 Å². The molecule has 5 atom stereocenters. The van der Waals surface area contributed by atoms with E-state index in [-0.39, 0.29) is 70.4 Å². The van der Waals surface area contributed by atoms with Crippen molar-refractivity contribution in [3.63, 3.8) is 0 Å². The van der Waals surface area contributed by atoms with Crippen LogP contribution in [0.15, 0.2) is 12.2 Å². The third kappa shape index (κ3) is 10.4. The molecule has 0 spiro atoms. The molecule has 0 aromatic heterocycles. The fraction of sp³-hybridized carbons (Fsp3) is 0.848. The van der Waals surface area contributed by atoms with Crippen LogP contribution in [0, 0.1) is 11.8 Å². The standard InChI is InChI=1S/C33H63NO6Si2/c1-15-16-27(35)19-28-18-17-25(8)29(38-28)20-31(36)34-21-30(39-41(13,14)33(10,11)12)26(9)32(37)40-42(22(2)3,23(4)5)24(6)7/h15-16,22-26,28-30H,17-21H2,1-14H3,(H,34,36)/b16-15+/t25-,26+,28+,29+,30+/m0/s1. The molecule has 0 aliphatic carbocycles. The van der Waals surface area contributed by atoms with Crippen LogP contribution in [-0.4, -0.2) is 59.2 Å². The Morgan fingerprint density at radius 2 is 1.50 bits per heavy atom. The van der Waals surface area contributed by atoms with Gasteiger partial charge in [0.1, 0.15) is 0 Å². The number of hydrogen-bond acceptors (Lipinski definition) is 6. The molecule has 0 aromatic rings. The summed E-state index contributed by atoms with van der Waals surface area (Å²) in [5.74, 6) is -0.626. The molecule has 0 unspecified atom stereocenters. The second-order valence-corrected chi connectivity index (χ2v) is 25.1. The number of carbonyl (C=O) groups excluding carboxylic acids is 3. The van der Waals surface area contributed by atoms with Crippen LogP contribution in [0.25, 0.3) is 0 Å². The first kappa shape index (κ1) is 38.7. The molecule has 1 N–H and O–H groups in total. The number of amides is 1. The van der Waals surface area contributed by atoms with E-state index in [9.17, 15) is 14.4 Å². The zero-order valence-electron chi connectivity index (χ0n) is 29.3. The van der Waals surface area contributed by atoms with Crippen molar-refractivity contribution in [2.75, 3.05) is 6.54 Å². The molecule has 0 saturated carbocycles. The van der Waals surface area contributed by atoms with Crippen LogP contribution in [0.1, 0.15) is 109 Å². The Hall–Kier alpha value is -1.30. The molecule has 1 saturated heterocycles. The summed E-state index contributed by atoms with van der Waals surface area (Å²) in [5, 5.41) is 3.01. The van der Waals surface area contributed by atoms with Gasteiger partial charge in [0.25, 0.3) is 14.3 Å². The lowest BCUT2D eigenvalue weighted by atomic mass is 9.90. The van der Waals surface area contributed by atoms with Crippen LogP contribution in [0.3, 0.4) is 0 Å². The molecule has 0 radical (unpaired) electrons. The highest BCUT2D eigenvalue weighted by Crippen LogP contribution is 2.43. The van der Waals surface area contributed by atoms with E-state index in [0.29, 0.717) is 6.42 Å². The van der Waals surface area contributed by atoms with Gasteiger partial charge in [-0.25, -0.2) is 0 Å². The maximum Gasteiger partial charge on any atom is 0.298 e. The Morgan fingerprint density at radius 1 is 0.952 bits per heavy atom. The van der Waals surface area contributed by atoms with E-state index in [1.807, 2.05) is 13.8 Å². The zero-order valence-corrected chi connectivity index (χ0v) is 31.3. The SMILES string of the molecule is C/C=C/C(=O)C[C@H]1CC[C@H](C)[C@@H](CC(=O)NC[C@@H](O[Si](C)(C)C(C)(C)C)[C@@H](C)C(=O)O[Si](C(C)C)(C(C)C)C(C)C)O1. The lowest BCUT2D eigenvalue weighted by molar-refractivity contribution is -0.144. The fourth-order valence-corrected chi connectivity index (χ4v) is 12.7. The van der Waals surface area contributed by atoms with Gasteiger partial charge in [-0.05, 0) is 73.4 Å². The largest absolute Gasteiger partial charge is 0.518 e. The number of ether oxygens (including phenoxy) is 1. The second kappa shape index (κ2) is 16.1. The number of ketones is 1. The first-order valence-corrected chi connectivity index (χ1v) is 21.2. The molecule has 0 bridgehead atoms. The first-order chi connectivity index (χ1) is 19.2. The van der Waals surface area contributed by atoms with Crippen LogP contribution in [0.2, 0.25) is 34.8 Å². The summed E-state index contributed by atoms with van der Waals surface area (Å²) < 4.78 is 19.5. The van der Waals surface area contributed by atoms with Gasteiger partial charge >= 0.3 is 0 Å². The summed E-state index contributed by atoms with van der Waals surface area (Å²) in [7, 11) is -4.69. The summed E-state index contributed by atoms with van der Waals surface area (Å²) in [6, 6.07) is 0. The maximum absolute atomic E-state index is 13.8. The van der Waals surface area contributed by atoms with E-state index in [0.717, 1.165) is 12.8 Å². The van der Waals surface area contributed by atoms with Crippen molar-refractivity contribution in [2.45, 2.75) is 162 Å². The quantitative estimate of drug-likeness (QED) is 0.147. The van der Waals surface area contributed by atoms with Gasteiger partial charge in [-0.1, -0.05) is 75.3 Å². The molecule has 1 rings (SSSR count). The van der Waals surface area contributed by atoms with Gasteiger partial charge in [0, 0.05) is 13.0 Å². The van der Waals surface area contributed by atoms with Gasteiger partial charge in [0.05, 0.1) is 30.7 Å². The lowest BCUT2D eigenvalue weighted by Gasteiger charge is -2.44. The second-order valence-electron chi connectivity index (χ2n) is 15.0. The Balaban J connectivity index is 3.09. The molecule has 0 aromatic carbocycles. The third-order valence-corrected chi connectivity index (χ3v) is 20.3. The molecule has 42 heavy (non-hydrogen) atoms. The summed E-state index contributed by atoms with van der Waals surface area (Å²) in [6.45, 7) is 29.9. The Morgan fingerprint density at radius 3 is 1.98 bits per heavy atom. The fourth-order valence-electron chi connectivity index (χ4n) is 6.08. The minimum Gasteiger partial charge on any atom is -0.518 e. The lowest BCUT2D eigenvalue weighted by Crippen LogP contribution is -2.54. The van der Waals surface area contributed by atoms with Crippen LogP contribution in [0.5, 0.6) is 0 Å². The molecule has 9 heteroatoms. The third-order valence-electron chi connectivity index (χ3n) is 9.78. The van der Waals surface area contributed by atoms with Crippen LogP contribution >= 0.6 is 0 Å². The van der Waals surface area contributed by atoms with Gasteiger partial charge in [-0.15, -0.1) is 0 Å². The van der Waals surface area contributed by atoms with E-state index < -0.39 is 28.7 Å². The number of rotatable bonds is 15. The number of carbonyl (C=O) groups is 3. The topological polar surface area (TPSA) is 90.9 Å². The van der Waals surface area contributed by atoms with Gasteiger partial charge in [0.2, 0.25) is 5.91 Å². The zero-order chi connectivity index (χ0) is 32.6. The average Bonchev–Trinajstić information content (AvgIpc) is 2.85. The van der Waals surface area contributed by atoms with Crippen molar-refractivity contribution < 1.29 is 28.0 Å². The normalized spacial score (nSPS) is 22.1. The predicted molar refractivity (Wildman–Crippen MR) is 177 cm³/mol. The van der Waals surface area contributed by atoms with E-state index >= 15 is 0 Å². The first-order valence-electron chi connectivity index (χ1n) is 16.2. The predicted octanol–water partition coefficient (Wildman–Crippen LogP) is 7.96. The van der Waals surface area contributed by atoms with Crippen LogP contribution in [0.4, 0.5) is 0 Å². The number of nitrogens with one attached hydrogen (secondary N) is 1. The van der Waals surface area contributed by atoms with Crippen molar-refractivity contribution in [2.24, 2.45) is 11.8 Å². The molecule has 244 valence electrons. The molecule has 1 amide bonds. The Kier molecular flexibility index (Phi) is 14.9. The van der Waals surface area contributed by atoms with Crippen molar-refractivity contribution in [3.8, 4) is 0 Å². The molecule has 1 aliphatic heterocycles.